The molecule has 0 amide bonds. The number of nitrogens with zero attached hydrogens (tertiary/aromatic N) is 1. The molecule has 2 aromatic carbocycles. The number of fused-ring (bicyclic) bond motifs is 1. The molecule has 5 heteroatoms. The van der Waals surface area contributed by atoms with Gasteiger partial charge in [-0.25, -0.2) is 9.37 Å². The molecule has 3 aromatic rings. The van der Waals surface area contributed by atoms with Gasteiger partial charge in [0.25, 0.3) is 0 Å². The van der Waals surface area contributed by atoms with Crippen LogP contribution >= 0.6 is 15.9 Å². The fraction of sp³-hybridized carbons (Fsp3) is 0. The number of aromatic nitrogens is 2. The third kappa shape index (κ3) is 1.86. The Kier molecular flexibility index (Phi) is 2.56. The predicted octanol–water partition coefficient (Wildman–Crippen LogP) is 3.71. The molecule has 0 saturated heterocycles. The third-order valence-electron chi connectivity index (χ3n) is 2.71. The maximum Gasteiger partial charge on any atom is 0.146 e. The molecule has 0 saturated carbocycles. The van der Waals surface area contributed by atoms with Crippen molar-refractivity contribution >= 4 is 32.7 Å². The number of aromatic amines is 1. The summed E-state index contributed by atoms with van der Waals surface area (Å²) in [6.07, 6.45) is 0. The summed E-state index contributed by atoms with van der Waals surface area (Å²) in [7, 11) is 0. The Morgan fingerprint density at radius 1 is 1.17 bits per heavy atom. The SMILES string of the molecule is Nc1cc(-c2nc3ccc(Br)cc3[nH]2)ccc1F. The zero-order valence-electron chi connectivity index (χ0n) is 9.24. The summed E-state index contributed by atoms with van der Waals surface area (Å²) in [5.41, 5.74) is 8.21. The number of hydrogen-bond acceptors (Lipinski definition) is 2. The highest BCUT2D eigenvalue weighted by Crippen LogP contribution is 2.25. The van der Waals surface area contributed by atoms with Crippen molar-refractivity contribution in [3.05, 3.63) is 46.7 Å². The normalized spacial score (nSPS) is 11.0. The Morgan fingerprint density at radius 3 is 2.78 bits per heavy atom. The molecule has 1 aromatic heterocycles. The Labute approximate surface area is 111 Å². The summed E-state index contributed by atoms with van der Waals surface area (Å²) in [6.45, 7) is 0. The zero-order valence-corrected chi connectivity index (χ0v) is 10.8. The van der Waals surface area contributed by atoms with Gasteiger partial charge in [0.2, 0.25) is 0 Å². The lowest BCUT2D eigenvalue weighted by molar-refractivity contribution is 0.632. The van der Waals surface area contributed by atoms with Crippen molar-refractivity contribution in [2.24, 2.45) is 0 Å². The summed E-state index contributed by atoms with van der Waals surface area (Å²) < 4.78 is 14.1. The van der Waals surface area contributed by atoms with Crippen molar-refractivity contribution in [2.45, 2.75) is 0 Å². The smallest absolute Gasteiger partial charge is 0.146 e. The van der Waals surface area contributed by atoms with E-state index in [1.165, 1.54) is 6.07 Å². The van der Waals surface area contributed by atoms with Gasteiger partial charge in [0, 0.05) is 10.0 Å². The Bertz CT molecular complexity index is 736. The number of benzene rings is 2. The molecule has 0 fully saturated rings. The standard InChI is InChI=1S/C13H9BrFN3/c14-8-2-4-11-12(6-8)18-13(17-11)7-1-3-9(15)10(16)5-7/h1-6H,16H2,(H,17,18). The molecule has 0 aliphatic carbocycles. The van der Waals surface area contributed by atoms with E-state index in [9.17, 15) is 4.39 Å². The first kappa shape index (κ1) is 11.2. The first-order valence-corrected chi connectivity index (χ1v) is 6.13. The molecule has 0 aliphatic heterocycles. The summed E-state index contributed by atoms with van der Waals surface area (Å²) in [4.78, 5) is 7.62. The van der Waals surface area contributed by atoms with Gasteiger partial charge in [0.05, 0.1) is 16.7 Å². The second-order valence-corrected chi connectivity index (χ2v) is 4.90. The Morgan fingerprint density at radius 2 is 2.00 bits per heavy atom. The molecule has 18 heavy (non-hydrogen) atoms. The van der Waals surface area contributed by atoms with Gasteiger partial charge < -0.3 is 10.7 Å². The van der Waals surface area contributed by atoms with Gasteiger partial charge >= 0.3 is 0 Å². The van der Waals surface area contributed by atoms with Crippen LogP contribution in [0.1, 0.15) is 0 Å². The molecule has 90 valence electrons. The Hall–Kier alpha value is -1.88. The second kappa shape index (κ2) is 4.10. The molecule has 3 N–H and O–H groups in total. The van der Waals surface area contributed by atoms with E-state index in [1.54, 1.807) is 12.1 Å². The minimum absolute atomic E-state index is 0.120. The van der Waals surface area contributed by atoms with Crippen LogP contribution in [-0.4, -0.2) is 9.97 Å². The number of rotatable bonds is 1. The molecule has 0 aliphatic rings. The van der Waals surface area contributed by atoms with Gasteiger partial charge in [-0.05, 0) is 36.4 Å². The van der Waals surface area contributed by atoms with Crippen LogP contribution in [0, 0.1) is 5.82 Å². The van der Waals surface area contributed by atoms with E-state index < -0.39 is 5.82 Å². The van der Waals surface area contributed by atoms with E-state index >= 15 is 0 Å². The minimum Gasteiger partial charge on any atom is -0.396 e. The van der Waals surface area contributed by atoms with E-state index in [1.807, 2.05) is 18.2 Å². The van der Waals surface area contributed by atoms with Crippen LogP contribution in [0.5, 0.6) is 0 Å². The van der Waals surface area contributed by atoms with E-state index in [2.05, 4.69) is 25.9 Å². The number of hydrogen-bond donors (Lipinski definition) is 2. The lowest BCUT2D eigenvalue weighted by Gasteiger charge is -1.99. The van der Waals surface area contributed by atoms with E-state index in [0.717, 1.165) is 21.1 Å². The predicted molar refractivity (Wildman–Crippen MR) is 73.6 cm³/mol. The molecule has 1 heterocycles. The average molecular weight is 306 g/mol. The number of nitrogens with two attached hydrogens (primary N) is 1. The van der Waals surface area contributed by atoms with E-state index in [-0.39, 0.29) is 5.69 Å². The molecular formula is C13H9BrFN3. The van der Waals surface area contributed by atoms with Gasteiger partial charge in [0.15, 0.2) is 0 Å². The van der Waals surface area contributed by atoms with Gasteiger partial charge in [-0.3, -0.25) is 0 Å². The zero-order chi connectivity index (χ0) is 12.7. The maximum absolute atomic E-state index is 13.1. The molecule has 3 rings (SSSR count). The van der Waals surface area contributed by atoms with Crippen molar-refractivity contribution in [3.63, 3.8) is 0 Å². The molecule has 0 radical (unpaired) electrons. The van der Waals surface area contributed by atoms with Crippen molar-refractivity contribution in [1.29, 1.82) is 0 Å². The van der Waals surface area contributed by atoms with Gasteiger partial charge in [-0.1, -0.05) is 15.9 Å². The third-order valence-corrected chi connectivity index (χ3v) is 3.21. The molecular weight excluding hydrogens is 297 g/mol. The lowest BCUT2D eigenvalue weighted by Crippen LogP contribution is -1.91. The fourth-order valence-electron chi connectivity index (χ4n) is 1.81. The van der Waals surface area contributed by atoms with Crippen LogP contribution < -0.4 is 5.73 Å². The summed E-state index contributed by atoms with van der Waals surface area (Å²) in [5, 5.41) is 0. The van der Waals surface area contributed by atoms with Crippen molar-refractivity contribution in [3.8, 4) is 11.4 Å². The minimum atomic E-state index is -0.419. The molecule has 0 spiro atoms. The largest absolute Gasteiger partial charge is 0.396 e. The number of nitrogens with one attached hydrogen (secondary N) is 1. The van der Waals surface area contributed by atoms with Crippen LogP contribution in [0.4, 0.5) is 10.1 Å². The fourth-order valence-corrected chi connectivity index (χ4v) is 2.17. The monoisotopic (exact) mass is 305 g/mol. The van der Waals surface area contributed by atoms with Crippen molar-refractivity contribution in [2.75, 3.05) is 5.73 Å². The topological polar surface area (TPSA) is 54.7 Å². The van der Waals surface area contributed by atoms with Crippen molar-refractivity contribution in [1.82, 2.24) is 9.97 Å². The van der Waals surface area contributed by atoms with Gasteiger partial charge in [-0.2, -0.15) is 0 Å². The van der Waals surface area contributed by atoms with E-state index in [4.69, 9.17) is 5.73 Å². The molecule has 0 bridgehead atoms. The van der Waals surface area contributed by atoms with Crippen LogP contribution in [0.25, 0.3) is 22.4 Å². The highest BCUT2D eigenvalue weighted by Gasteiger charge is 2.07. The van der Waals surface area contributed by atoms with Crippen LogP contribution in [0.2, 0.25) is 0 Å². The molecule has 0 unspecified atom stereocenters. The van der Waals surface area contributed by atoms with Crippen LogP contribution in [0.3, 0.4) is 0 Å². The number of imidazole rings is 1. The lowest BCUT2D eigenvalue weighted by atomic mass is 10.2. The molecule has 3 nitrogen and oxygen atoms in total. The summed E-state index contributed by atoms with van der Waals surface area (Å²) in [5.74, 6) is 0.257. The Balaban J connectivity index is 2.16. The van der Waals surface area contributed by atoms with Crippen molar-refractivity contribution < 1.29 is 4.39 Å². The first-order valence-electron chi connectivity index (χ1n) is 5.34. The average Bonchev–Trinajstić information content (AvgIpc) is 2.75. The maximum atomic E-state index is 13.1. The number of H-pyrrole nitrogens is 1. The van der Waals surface area contributed by atoms with Gasteiger partial charge in [0.1, 0.15) is 11.6 Å². The first-order chi connectivity index (χ1) is 8.63. The number of anilines is 1. The molecule has 0 atom stereocenters. The van der Waals surface area contributed by atoms with Crippen LogP contribution in [-0.2, 0) is 0 Å². The summed E-state index contributed by atoms with van der Waals surface area (Å²) >= 11 is 3.40. The van der Waals surface area contributed by atoms with E-state index in [0.29, 0.717) is 5.82 Å². The number of halogens is 2. The van der Waals surface area contributed by atoms with Gasteiger partial charge in [-0.15, -0.1) is 0 Å². The summed E-state index contributed by atoms with van der Waals surface area (Å²) in [6, 6.07) is 10.3. The quantitative estimate of drug-likeness (QED) is 0.673. The highest BCUT2D eigenvalue weighted by molar-refractivity contribution is 9.10. The number of nitrogen functional groups attached to an aromatic ring is 1. The van der Waals surface area contributed by atoms with Crippen LogP contribution in [0.15, 0.2) is 40.9 Å². The second-order valence-electron chi connectivity index (χ2n) is 3.98. The highest BCUT2D eigenvalue weighted by atomic mass is 79.9.